The molecule has 0 spiro atoms. The number of methoxy groups -OCH3 is 1. The van der Waals surface area contributed by atoms with Gasteiger partial charge in [0.15, 0.2) is 0 Å². The lowest BCUT2D eigenvalue weighted by Gasteiger charge is -2.10. The Morgan fingerprint density at radius 2 is 1.92 bits per heavy atom. The maximum atomic E-state index is 12.6. The van der Waals surface area contributed by atoms with Gasteiger partial charge in [0.25, 0.3) is 5.91 Å². The summed E-state index contributed by atoms with van der Waals surface area (Å²) in [5.41, 5.74) is 3.40. The summed E-state index contributed by atoms with van der Waals surface area (Å²) in [7, 11) is 1.63. The second kappa shape index (κ2) is 6.07. The van der Waals surface area contributed by atoms with Gasteiger partial charge in [-0.05, 0) is 61.7 Å². The fourth-order valence-electron chi connectivity index (χ4n) is 3.01. The molecular weight excluding hydrogens is 338 g/mol. The van der Waals surface area contributed by atoms with Crippen molar-refractivity contribution in [1.29, 1.82) is 0 Å². The van der Waals surface area contributed by atoms with Crippen molar-refractivity contribution in [2.24, 2.45) is 0 Å². The van der Waals surface area contributed by atoms with Gasteiger partial charge in [0.2, 0.25) is 0 Å². The van der Waals surface area contributed by atoms with Gasteiger partial charge in [-0.1, -0.05) is 0 Å². The van der Waals surface area contributed by atoms with Gasteiger partial charge in [0, 0.05) is 25.9 Å². The molecule has 1 N–H and O–H groups in total. The van der Waals surface area contributed by atoms with Crippen LogP contribution in [0.15, 0.2) is 36.4 Å². The van der Waals surface area contributed by atoms with Gasteiger partial charge in [-0.25, -0.2) is 0 Å². The predicted molar refractivity (Wildman–Crippen MR) is 101 cm³/mol. The predicted octanol–water partition coefficient (Wildman–Crippen LogP) is 5.14. The Hall–Kier alpha value is -2.11. The SMILES string of the molecule is COc1ccc(NC(=O)c2cc3c(s2)-c2cc(C)sc2CC3)cc1. The molecule has 3 aromatic rings. The largest absolute Gasteiger partial charge is 0.497 e. The summed E-state index contributed by atoms with van der Waals surface area (Å²) < 4.78 is 5.14. The van der Waals surface area contributed by atoms with E-state index in [1.165, 1.54) is 25.8 Å². The van der Waals surface area contributed by atoms with Crippen LogP contribution in [0.4, 0.5) is 5.69 Å². The van der Waals surface area contributed by atoms with E-state index >= 15 is 0 Å². The van der Waals surface area contributed by atoms with Crippen LogP contribution in [0.5, 0.6) is 5.75 Å². The van der Waals surface area contributed by atoms with Gasteiger partial charge < -0.3 is 10.1 Å². The van der Waals surface area contributed by atoms with Crippen LogP contribution in [0.3, 0.4) is 0 Å². The molecule has 2 aromatic heterocycles. The van der Waals surface area contributed by atoms with E-state index in [1.807, 2.05) is 35.6 Å². The summed E-state index contributed by atoms with van der Waals surface area (Å²) in [6.07, 6.45) is 2.10. The van der Waals surface area contributed by atoms with Crippen LogP contribution in [0.1, 0.15) is 25.0 Å². The number of nitrogens with one attached hydrogen (secondary N) is 1. The van der Waals surface area contributed by atoms with Crippen LogP contribution >= 0.6 is 22.7 Å². The monoisotopic (exact) mass is 355 g/mol. The average Bonchev–Trinajstić information content (AvgIpc) is 3.17. The fraction of sp³-hybridized carbons (Fsp3) is 0.211. The number of ether oxygens (including phenoxy) is 1. The zero-order valence-electron chi connectivity index (χ0n) is 13.5. The van der Waals surface area contributed by atoms with Gasteiger partial charge in [-0.3, -0.25) is 4.79 Å². The van der Waals surface area contributed by atoms with E-state index in [0.717, 1.165) is 29.2 Å². The number of fused-ring (bicyclic) bond motifs is 3. The van der Waals surface area contributed by atoms with Crippen LogP contribution in [0, 0.1) is 6.92 Å². The highest BCUT2D eigenvalue weighted by atomic mass is 32.1. The lowest BCUT2D eigenvalue weighted by molar-refractivity contribution is 0.103. The Kier molecular flexibility index (Phi) is 3.90. The van der Waals surface area contributed by atoms with E-state index in [0.29, 0.717) is 0 Å². The molecule has 1 aromatic carbocycles. The van der Waals surface area contributed by atoms with Gasteiger partial charge in [0.05, 0.1) is 12.0 Å². The van der Waals surface area contributed by atoms with Gasteiger partial charge in [0.1, 0.15) is 5.75 Å². The zero-order valence-corrected chi connectivity index (χ0v) is 15.1. The molecule has 5 heteroatoms. The number of hydrogen-bond donors (Lipinski definition) is 1. The van der Waals surface area contributed by atoms with Crippen molar-refractivity contribution in [3.63, 3.8) is 0 Å². The first-order chi connectivity index (χ1) is 11.6. The number of thiophene rings is 2. The second-order valence-corrected chi connectivity index (χ2v) is 8.23. The summed E-state index contributed by atoms with van der Waals surface area (Å²) in [5.74, 6) is 0.730. The fourth-order valence-corrected chi connectivity index (χ4v) is 5.26. The van der Waals surface area contributed by atoms with Crippen molar-refractivity contribution >= 4 is 34.3 Å². The molecule has 0 radical (unpaired) electrons. The maximum Gasteiger partial charge on any atom is 0.265 e. The molecule has 1 amide bonds. The molecule has 0 fully saturated rings. The minimum Gasteiger partial charge on any atom is -0.497 e. The van der Waals surface area contributed by atoms with Crippen molar-refractivity contribution < 1.29 is 9.53 Å². The topological polar surface area (TPSA) is 38.3 Å². The minimum atomic E-state index is -0.0481. The molecule has 0 saturated heterocycles. The second-order valence-electron chi connectivity index (χ2n) is 5.84. The Morgan fingerprint density at radius 3 is 2.67 bits per heavy atom. The normalized spacial score (nSPS) is 12.4. The first kappa shape index (κ1) is 15.4. The smallest absolute Gasteiger partial charge is 0.265 e. The first-order valence-electron chi connectivity index (χ1n) is 7.82. The average molecular weight is 355 g/mol. The molecule has 0 unspecified atom stereocenters. The highest BCUT2D eigenvalue weighted by Gasteiger charge is 2.23. The Labute approximate surface area is 148 Å². The van der Waals surface area contributed by atoms with Gasteiger partial charge >= 0.3 is 0 Å². The van der Waals surface area contributed by atoms with Crippen LogP contribution in [-0.2, 0) is 12.8 Å². The van der Waals surface area contributed by atoms with E-state index < -0.39 is 0 Å². The molecule has 0 atom stereocenters. The maximum absolute atomic E-state index is 12.6. The Balaban J connectivity index is 1.59. The van der Waals surface area contributed by atoms with E-state index in [-0.39, 0.29) is 5.91 Å². The molecule has 0 bridgehead atoms. The third kappa shape index (κ3) is 2.74. The zero-order chi connectivity index (χ0) is 16.7. The molecular formula is C19H17NO2S2. The molecule has 2 heterocycles. The third-order valence-corrected chi connectivity index (χ3v) is 6.50. The van der Waals surface area contributed by atoms with Crippen LogP contribution in [0.25, 0.3) is 10.4 Å². The van der Waals surface area contributed by atoms with E-state index in [2.05, 4.69) is 24.4 Å². The highest BCUT2D eigenvalue weighted by Crippen LogP contribution is 2.43. The summed E-state index contributed by atoms with van der Waals surface area (Å²) in [5, 5.41) is 2.97. The number of rotatable bonds is 3. The summed E-state index contributed by atoms with van der Waals surface area (Å²) in [6, 6.07) is 11.7. The van der Waals surface area contributed by atoms with Crippen molar-refractivity contribution in [3.05, 3.63) is 56.6 Å². The van der Waals surface area contributed by atoms with Crippen molar-refractivity contribution in [3.8, 4) is 16.2 Å². The van der Waals surface area contributed by atoms with Crippen LogP contribution < -0.4 is 10.1 Å². The number of benzene rings is 1. The molecule has 24 heavy (non-hydrogen) atoms. The van der Waals surface area contributed by atoms with Gasteiger partial charge in [-0.2, -0.15) is 0 Å². The van der Waals surface area contributed by atoms with E-state index in [9.17, 15) is 4.79 Å². The molecule has 4 rings (SSSR count). The number of carbonyl (C=O) groups excluding carboxylic acids is 1. The first-order valence-corrected chi connectivity index (χ1v) is 9.45. The van der Waals surface area contributed by atoms with Gasteiger partial charge in [-0.15, -0.1) is 22.7 Å². The number of amides is 1. The molecule has 1 aliphatic rings. The van der Waals surface area contributed by atoms with Crippen LogP contribution in [-0.4, -0.2) is 13.0 Å². The van der Waals surface area contributed by atoms with Crippen LogP contribution in [0.2, 0.25) is 0 Å². The number of aryl methyl sites for hydroxylation is 3. The molecule has 0 saturated carbocycles. The molecule has 0 aliphatic heterocycles. The number of anilines is 1. The summed E-state index contributed by atoms with van der Waals surface area (Å²) >= 11 is 3.47. The van der Waals surface area contributed by atoms with Crippen molar-refractivity contribution in [1.82, 2.24) is 0 Å². The standard InChI is InChI=1S/C19H17NO2S2/c1-11-9-15-16(23-11)8-3-12-10-17(24-18(12)15)19(21)20-13-4-6-14(22-2)7-5-13/h4-7,9-10H,3,8H2,1-2H3,(H,20,21). The molecule has 122 valence electrons. The Bertz CT molecular complexity index is 906. The molecule has 3 nitrogen and oxygen atoms in total. The number of hydrogen-bond acceptors (Lipinski definition) is 4. The summed E-state index contributed by atoms with van der Waals surface area (Å²) in [4.78, 5) is 17.4. The quantitative estimate of drug-likeness (QED) is 0.706. The third-order valence-electron chi connectivity index (χ3n) is 4.18. The highest BCUT2D eigenvalue weighted by molar-refractivity contribution is 7.18. The number of carbonyl (C=O) groups is 1. The molecule has 1 aliphatic carbocycles. The summed E-state index contributed by atoms with van der Waals surface area (Å²) in [6.45, 7) is 2.15. The van der Waals surface area contributed by atoms with Crippen molar-refractivity contribution in [2.75, 3.05) is 12.4 Å². The lowest BCUT2D eigenvalue weighted by Crippen LogP contribution is -2.09. The lowest BCUT2D eigenvalue weighted by atomic mass is 9.98. The Morgan fingerprint density at radius 1 is 1.12 bits per heavy atom. The van der Waals surface area contributed by atoms with E-state index in [4.69, 9.17) is 4.74 Å². The van der Waals surface area contributed by atoms with E-state index in [1.54, 1.807) is 18.4 Å². The minimum absolute atomic E-state index is 0.0481. The van der Waals surface area contributed by atoms with Crippen molar-refractivity contribution in [2.45, 2.75) is 19.8 Å².